The fourth-order valence-corrected chi connectivity index (χ4v) is 1.67. The second-order valence-corrected chi connectivity index (χ2v) is 3.96. The molecule has 16 heavy (non-hydrogen) atoms. The standard InChI is InChI=1S/C12H19N3O/c1-9(16)7-11(8-15-12(13)14)10-5-3-2-4-6-10/h2-6,9,11,16H,7-8H2,1H3,(H4,13,14,15). The Kier molecular flexibility index (Phi) is 4.79. The Hall–Kier alpha value is -1.55. The molecule has 5 N–H and O–H groups in total. The summed E-state index contributed by atoms with van der Waals surface area (Å²) in [5.41, 5.74) is 11.8. The van der Waals surface area contributed by atoms with Gasteiger partial charge in [-0.2, -0.15) is 0 Å². The number of nitrogens with zero attached hydrogens (tertiary/aromatic N) is 1. The van der Waals surface area contributed by atoms with Gasteiger partial charge in [-0.25, -0.2) is 0 Å². The molecule has 1 aromatic carbocycles. The smallest absolute Gasteiger partial charge is 0.185 e. The first-order chi connectivity index (χ1) is 7.59. The molecule has 0 aromatic heterocycles. The Morgan fingerprint density at radius 3 is 2.44 bits per heavy atom. The zero-order valence-electron chi connectivity index (χ0n) is 9.50. The molecule has 0 aliphatic carbocycles. The van der Waals surface area contributed by atoms with Crippen LogP contribution in [0.15, 0.2) is 35.3 Å². The van der Waals surface area contributed by atoms with E-state index in [1.807, 2.05) is 30.3 Å². The van der Waals surface area contributed by atoms with E-state index in [1.54, 1.807) is 6.92 Å². The maximum absolute atomic E-state index is 9.44. The van der Waals surface area contributed by atoms with Crippen LogP contribution in [-0.4, -0.2) is 23.7 Å². The molecule has 0 spiro atoms. The highest BCUT2D eigenvalue weighted by atomic mass is 16.3. The summed E-state index contributed by atoms with van der Waals surface area (Å²) < 4.78 is 0. The summed E-state index contributed by atoms with van der Waals surface area (Å²) in [5, 5.41) is 9.44. The van der Waals surface area contributed by atoms with Crippen LogP contribution in [0.25, 0.3) is 0 Å². The minimum Gasteiger partial charge on any atom is -0.393 e. The first-order valence-corrected chi connectivity index (χ1v) is 5.38. The van der Waals surface area contributed by atoms with E-state index < -0.39 is 0 Å². The number of rotatable bonds is 5. The number of hydrogen-bond donors (Lipinski definition) is 3. The molecule has 2 unspecified atom stereocenters. The van der Waals surface area contributed by atoms with Gasteiger partial charge in [-0.3, -0.25) is 4.99 Å². The van der Waals surface area contributed by atoms with E-state index in [0.29, 0.717) is 13.0 Å². The van der Waals surface area contributed by atoms with Crippen molar-refractivity contribution >= 4 is 5.96 Å². The Morgan fingerprint density at radius 2 is 1.94 bits per heavy atom. The van der Waals surface area contributed by atoms with Crippen LogP contribution < -0.4 is 11.5 Å². The van der Waals surface area contributed by atoms with Gasteiger partial charge in [0.1, 0.15) is 0 Å². The lowest BCUT2D eigenvalue weighted by Crippen LogP contribution is -2.24. The van der Waals surface area contributed by atoms with Crippen LogP contribution in [0.3, 0.4) is 0 Å². The summed E-state index contributed by atoms with van der Waals surface area (Å²) in [7, 11) is 0. The average Bonchev–Trinajstić information content (AvgIpc) is 2.25. The van der Waals surface area contributed by atoms with E-state index in [4.69, 9.17) is 11.5 Å². The molecular weight excluding hydrogens is 202 g/mol. The topological polar surface area (TPSA) is 84.6 Å². The van der Waals surface area contributed by atoms with Crippen molar-refractivity contribution in [2.45, 2.75) is 25.4 Å². The van der Waals surface area contributed by atoms with Crippen molar-refractivity contribution in [1.29, 1.82) is 0 Å². The van der Waals surface area contributed by atoms with Crippen LogP contribution in [0.2, 0.25) is 0 Å². The number of guanidine groups is 1. The predicted octanol–water partition coefficient (Wildman–Crippen LogP) is 0.815. The molecule has 0 heterocycles. The summed E-state index contributed by atoms with van der Waals surface area (Å²) in [4.78, 5) is 4.02. The molecule has 0 aliphatic rings. The Morgan fingerprint density at radius 1 is 1.31 bits per heavy atom. The number of hydrogen-bond acceptors (Lipinski definition) is 2. The molecule has 0 amide bonds. The van der Waals surface area contributed by atoms with Crippen LogP contribution in [-0.2, 0) is 0 Å². The van der Waals surface area contributed by atoms with Gasteiger partial charge in [0.25, 0.3) is 0 Å². The molecule has 88 valence electrons. The van der Waals surface area contributed by atoms with Gasteiger partial charge in [-0.05, 0) is 18.9 Å². The molecular formula is C12H19N3O. The number of aliphatic hydroxyl groups excluding tert-OH is 1. The first-order valence-electron chi connectivity index (χ1n) is 5.38. The normalized spacial score (nSPS) is 14.1. The van der Waals surface area contributed by atoms with Crippen molar-refractivity contribution in [2.75, 3.05) is 6.54 Å². The molecule has 0 fully saturated rings. The third kappa shape index (κ3) is 4.31. The van der Waals surface area contributed by atoms with Crippen LogP contribution in [0.1, 0.15) is 24.8 Å². The van der Waals surface area contributed by atoms with E-state index in [2.05, 4.69) is 4.99 Å². The molecule has 2 atom stereocenters. The molecule has 1 rings (SSSR count). The zero-order valence-corrected chi connectivity index (χ0v) is 9.50. The third-order valence-corrected chi connectivity index (χ3v) is 2.39. The molecule has 0 saturated heterocycles. The van der Waals surface area contributed by atoms with Gasteiger partial charge in [-0.15, -0.1) is 0 Å². The predicted molar refractivity (Wildman–Crippen MR) is 66.2 cm³/mol. The molecule has 0 radical (unpaired) electrons. The second-order valence-electron chi connectivity index (χ2n) is 3.96. The minimum absolute atomic E-state index is 0.0894. The molecule has 4 heteroatoms. The lowest BCUT2D eigenvalue weighted by Gasteiger charge is -2.16. The summed E-state index contributed by atoms with van der Waals surface area (Å²) in [6.45, 7) is 2.28. The SMILES string of the molecule is CC(O)CC(CN=C(N)N)c1ccccc1. The second kappa shape index (κ2) is 6.12. The van der Waals surface area contributed by atoms with Crippen molar-refractivity contribution in [2.24, 2.45) is 16.5 Å². The molecule has 4 nitrogen and oxygen atoms in total. The lowest BCUT2D eigenvalue weighted by molar-refractivity contribution is 0.175. The number of nitrogens with two attached hydrogens (primary N) is 2. The molecule has 0 aliphatic heterocycles. The van der Waals surface area contributed by atoms with Crippen molar-refractivity contribution in [3.05, 3.63) is 35.9 Å². The van der Waals surface area contributed by atoms with Gasteiger partial charge in [-0.1, -0.05) is 30.3 Å². The summed E-state index contributed by atoms with van der Waals surface area (Å²) in [6, 6.07) is 9.95. The zero-order chi connectivity index (χ0) is 12.0. The number of aliphatic imine (C=N–C) groups is 1. The van der Waals surface area contributed by atoms with E-state index in [1.165, 1.54) is 0 Å². The maximum Gasteiger partial charge on any atom is 0.185 e. The largest absolute Gasteiger partial charge is 0.393 e. The van der Waals surface area contributed by atoms with E-state index in [0.717, 1.165) is 5.56 Å². The van der Waals surface area contributed by atoms with E-state index >= 15 is 0 Å². The maximum atomic E-state index is 9.44. The highest BCUT2D eigenvalue weighted by molar-refractivity contribution is 5.75. The van der Waals surface area contributed by atoms with Crippen LogP contribution in [0, 0.1) is 0 Å². The minimum atomic E-state index is -0.362. The van der Waals surface area contributed by atoms with Crippen LogP contribution >= 0.6 is 0 Å². The monoisotopic (exact) mass is 221 g/mol. The molecule has 0 saturated carbocycles. The Balaban J connectivity index is 2.75. The number of aliphatic hydroxyl groups is 1. The quantitative estimate of drug-likeness (QED) is 0.508. The van der Waals surface area contributed by atoms with Crippen LogP contribution in [0.5, 0.6) is 0 Å². The van der Waals surface area contributed by atoms with Gasteiger partial charge in [0, 0.05) is 12.5 Å². The van der Waals surface area contributed by atoms with Crippen LogP contribution in [0.4, 0.5) is 0 Å². The highest BCUT2D eigenvalue weighted by Gasteiger charge is 2.13. The van der Waals surface area contributed by atoms with Crippen molar-refractivity contribution < 1.29 is 5.11 Å². The van der Waals surface area contributed by atoms with Crippen molar-refractivity contribution in [1.82, 2.24) is 0 Å². The van der Waals surface area contributed by atoms with Crippen molar-refractivity contribution in [3.8, 4) is 0 Å². The van der Waals surface area contributed by atoms with Gasteiger partial charge in [0.2, 0.25) is 0 Å². The molecule has 0 bridgehead atoms. The van der Waals surface area contributed by atoms with Gasteiger partial charge >= 0.3 is 0 Å². The lowest BCUT2D eigenvalue weighted by atomic mass is 9.93. The van der Waals surface area contributed by atoms with Gasteiger partial charge in [0.05, 0.1) is 6.10 Å². The van der Waals surface area contributed by atoms with E-state index in [9.17, 15) is 5.11 Å². The van der Waals surface area contributed by atoms with Gasteiger partial charge < -0.3 is 16.6 Å². The Labute approximate surface area is 96.0 Å². The number of benzene rings is 1. The molecule has 1 aromatic rings. The Bertz CT molecular complexity index is 331. The fourth-order valence-electron chi connectivity index (χ4n) is 1.67. The third-order valence-electron chi connectivity index (χ3n) is 2.39. The summed E-state index contributed by atoms with van der Waals surface area (Å²) >= 11 is 0. The van der Waals surface area contributed by atoms with Gasteiger partial charge in [0.15, 0.2) is 5.96 Å². The summed E-state index contributed by atoms with van der Waals surface area (Å²) in [5.74, 6) is 0.245. The first kappa shape index (κ1) is 12.5. The van der Waals surface area contributed by atoms with Crippen molar-refractivity contribution in [3.63, 3.8) is 0 Å². The average molecular weight is 221 g/mol. The highest BCUT2D eigenvalue weighted by Crippen LogP contribution is 2.21. The summed E-state index contributed by atoms with van der Waals surface area (Å²) in [6.07, 6.45) is 0.292. The fraction of sp³-hybridized carbons (Fsp3) is 0.417. The van der Waals surface area contributed by atoms with E-state index in [-0.39, 0.29) is 18.0 Å².